The van der Waals surface area contributed by atoms with Crippen molar-refractivity contribution in [3.8, 4) is 11.1 Å². The van der Waals surface area contributed by atoms with Crippen molar-refractivity contribution < 1.29 is 8.83 Å². The third-order valence-corrected chi connectivity index (χ3v) is 15.2. The van der Waals surface area contributed by atoms with Crippen LogP contribution in [0.1, 0.15) is 71.8 Å². The van der Waals surface area contributed by atoms with E-state index in [1.54, 1.807) is 5.57 Å². The van der Waals surface area contributed by atoms with Gasteiger partial charge in [0.15, 0.2) is 0 Å². The molecule has 8 aromatic rings. The summed E-state index contributed by atoms with van der Waals surface area (Å²) < 4.78 is 14.4. The smallest absolute Gasteiger partial charge is 0.143 e. The normalized spacial score (nSPS) is 16.6. The van der Waals surface area contributed by atoms with Gasteiger partial charge < -0.3 is 13.7 Å². The monoisotopic (exact) mass is 821 g/mol. The summed E-state index contributed by atoms with van der Waals surface area (Å²) >= 11 is 1.95. The summed E-state index contributed by atoms with van der Waals surface area (Å²) in [5.74, 6) is 2.10. The summed E-state index contributed by atoms with van der Waals surface area (Å²) in [5.41, 5.74) is 18.6. The second-order valence-electron chi connectivity index (χ2n) is 17.7. The van der Waals surface area contributed by atoms with E-state index in [1.165, 1.54) is 59.5 Å². The molecule has 0 aliphatic heterocycles. The van der Waals surface area contributed by atoms with Gasteiger partial charge in [-0.3, -0.25) is 0 Å². The van der Waals surface area contributed by atoms with Gasteiger partial charge in [-0.05, 0) is 120 Å². The zero-order valence-corrected chi connectivity index (χ0v) is 36.1. The Bertz CT molecular complexity index is 3300. The number of hydrogen-bond donors (Lipinski definition) is 0. The first-order valence-corrected chi connectivity index (χ1v) is 23.0. The summed E-state index contributed by atoms with van der Waals surface area (Å²) in [5, 5.41) is 3.70. The fourth-order valence-corrected chi connectivity index (χ4v) is 12.2. The average molecular weight is 822 g/mol. The maximum atomic E-state index is 6.55. The molecule has 4 aliphatic rings. The Labute approximate surface area is 367 Å². The molecular weight excluding hydrogens is 775 g/mol. The molecule has 0 saturated carbocycles. The number of rotatable bonds is 8. The molecule has 0 radical (unpaired) electrons. The van der Waals surface area contributed by atoms with Crippen LogP contribution in [-0.4, -0.2) is 6.54 Å². The highest BCUT2D eigenvalue weighted by atomic mass is 32.1. The number of aryl methyl sites for hydroxylation is 1. The van der Waals surface area contributed by atoms with Crippen LogP contribution in [0.3, 0.4) is 0 Å². The lowest BCUT2D eigenvalue weighted by atomic mass is 9.76. The molecule has 302 valence electrons. The Hall–Kier alpha value is -6.62. The zero-order valence-electron chi connectivity index (χ0n) is 35.3. The lowest BCUT2D eigenvalue weighted by Crippen LogP contribution is -2.18. The molecule has 5 aromatic carbocycles. The molecule has 4 heteroatoms. The number of para-hydroxylation sites is 2. The minimum atomic E-state index is -0.0948. The summed E-state index contributed by atoms with van der Waals surface area (Å²) in [6, 6.07) is 41.8. The molecule has 0 unspecified atom stereocenters. The zero-order chi connectivity index (χ0) is 41.5. The van der Waals surface area contributed by atoms with Crippen LogP contribution in [-0.2, 0) is 19.3 Å². The first-order valence-electron chi connectivity index (χ1n) is 22.1. The van der Waals surface area contributed by atoms with Gasteiger partial charge in [-0.1, -0.05) is 135 Å². The van der Waals surface area contributed by atoms with E-state index in [1.807, 2.05) is 17.4 Å². The van der Waals surface area contributed by atoms with Crippen LogP contribution in [0.4, 0.5) is 11.4 Å². The molecule has 0 N–H and O–H groups in total. The SMILES string of the molecule is C=CC1=C(/C=C\CN(c2ccc(C3=CCCc4c3oc3c4CCC=C3)cc2)c2ccc(-c3cccc4c3oc3ccccc34)cc2)C(C)(C)C2=C1c1sc3ccccc3c1CC2. The molecule has 4 aliphatic carbocycles. The third-order valence-electron chi connectivity index (χ3n) is 14.0. The van der Waals surface area contributed by atoms with Crippen molar-refractivity contribution in [2.24, 2.45) is 5.41 Å². The predicted octanol–water partition coefficient (Wildman–Crippen LogP) is 16.0. The van der Waals surface area contributed by atoms with Gasteiger partial charge in [-0.15, -0.1) is 11.3 Å². The number of nitrogens with zero attached hydrogens (tertiary/aromatic N) is 1. The lowest BCUT2D eigenvalue weighted by Gasteiger charge is -2.29. The molecule has 12 rings (SSSR count). The number of benzene rings is 5. The van der Waals surface area contributed by atoms with Gasteiger partial charge in [0.2, 0.25) is 0 Å². The number of fused-ring (bicyclic) bond motifs is 10. The van der Waals surface area contributed by atoms with Crippen molar-refractivity contribution in [3.63, 3.8) is 0 Å². The van der Waals surface area contributed by atoms with Gasteiger partial charge in [0.05, 0.1) is 0 Å². The van der Waals surface area contributed by atoms with Crippen LogP contribution in [0.25, 0.3) is 60.4 Å². The quantitative estimate of drug-likeness (QED) is 0.153. The Morgan fingerprint density at radius 3 is 2.27 bits per heavy atom. The molecule has 0 saturated heterocycles. The van der Waals surface area contributed by atoms with E-state index in [0.29, 0.717) is 6.54 Å². The van der Waals surface area contributed by atoms with Crippen LogP contribution in [0.2, 0.25) is 0 Å². The molecule has 0 bridgehead atoms. The van der Waals surface area contributed by atoms with E-state index in [-0.39, 0.29) is 5.41 Å². The van der Waals surface area contributed by atoms with Gasteiger partial charge >= 0.3 is 0 Å². The van der Waals surface area contributed by atoms with E-state index in [2.05, 4.69) is 171 Å². The van der Waals surface area contributed by atoms with Gasteiger partial charge in [0.25, 0.3) is 0 Å². The molecule has 62 heavy (non-hydrogen) atoms. The van der Waals surface area contributed by atoms with Crippen LogP contribution >= 0.6 is 11.3 Å². The van der Waals surface area contributed by atoms with Crippen LogP contribution in [0, 0.1) is 5.41 Å². The number of thiophene rings is 1. The minimum absolute atomic E-state index is 0.0948. The summed E-state index contributed by atoms with van der Waals surface area (Å²) in [4.78, 5) is 3.86. The van der Waals surface area contributed by atoms with Gasteiger partial charge in [0.1, 0.15) is 22.7 Å². The molecule has 3 heterocycles. The van der Waals surface area contributed by atoms with Crippen LogP contribution in [0.5, 0.6) is 0 Å². The molecule has 3 aromatic heterocycles. The van der Waals surface area contributed by atoms with Gasteiger partial charge in [0, 0.05) is 65.9 Å². The number of furan rings is 2. The Kier molecular flexibility index (Phi) is 8.69. The Balaban J connectivity index is 0.908. The second-order valence-corrected chi connectivity index (χ2v) is 18.7. The van der Waals surface area contributed by atoms with Gasteiger partial charge in [-0.25, -0.2) is 0 Å². The standard InChI is InChI=1S/C58H47NO2S/c1-4-40-49(58(2,3)50-34-33-48-45-16-7-10-24-53(45)62-57(48)54(40)50)21-13-35-59(38-29-25-36(26-30-38)41-17-11-19-46-43-14-5-8-22-51(43)60-55(41)46)39-31-27-37(28-32-39)42-18-12-20-47-44-15-6-9-23-52(44)61-56(42)47/h4-5,7-11,13-14,16-19,21-32H,1,6,12,15,20,33-35H2,2-3H3/b21-13-. The van der Waals surface area contributed by atoms with Crippen molar-refractivity contribution in [3.05, 3.63) is 208 Å². The Morgan fingerprint density at radius 1 is 0.710 bits per heavy atom. The maximum Gasteiger partial charge on any atom is 0.143 e. The molecule has 0 spiro atoms. The van der Waals surface area contributed by atoms with Crippen LogP contribution < -0.4 is 4.90 Å². The van der Waals surface area contributed by atoms with Crippen molar-refractivity contribution in [2.75, 3.05) is 11.4 Å². The molecular formula is C58H47NO2S. The van der Waals surface area contributed by atoms with E-state index in [0.717, 1.165) is 94.5 Å². The van der Waals surface area contributed by atoms with Crippen molar-refractivity contribution in [2.45, 2.75) is 52.4 Å². The van der Waals surface area contributed by atoms with Gasteiger partial charge in [-0.2, -0.15) is 0 Å². The third kappa shape index (κ3) is 5.77. The van der Waals surface area contributed by atoms with Crippen LogP contribution in [0.15, 0.2) is 178 Å². The van der Waals surface area contributed by atoms with Crippen molar-refractivity contribution in [1.29, 1.82) is 0 Å². The highest BCUT2D eigenvalue weighted by molar-refractivity contribution is 7.20. The number of anilines is 2. The predicted molar refractivity (Wildman–Crippen MR) is 261 cm³/mol. The summed E-state index contributed by atoms with van der Waals surface area (Å²) in [6.07, 6.45) is 20.0. The van der Waals surface area contributed by atoms with Crippen molar-refractivity contribution >= 4 is 72.0 Å². The van der Waals surface area contributed by atoms with E-state index in [4.69, 9.17) is 8.83 Å². The minimum Gasteiger partial charge on any atom is -0.456 e. The lowest BCUT2D eigenvalue weighted by molar-refractivity contribution is 0.534. The second kappa shape index (κ2) is 14.5. The number of hydrogen-bond acceptors (Lipinski definition) is 4. The van der Waals surface area contributed by atoms with E-state index in [9.17, 15) is 0 Å². The number of allylic oxidation sites excluding steroid dienone is 8. The first-order chi connectivity index (χ1) is 30.5. The molecule has 0 atom stereocenters. The summed E-state index contributed by atoms with van der Waals surface area (Å²) in [6.45, 7) is 9.92. The highest BCUT2D eigenvalue weighted by Crippen LogP contribution is 2.57. The summed E-state index contributed by atoms with van der Waals surface area (Å²) in [7, 11) is 0. The van der Waals surface area contributed by atoms with Crippen molar-refractivity contribution in [1.82, 2.24) is 0 Å². The van der Waals surface area contributed by atoms with E-state index >= 15 is 0 Å². The maximum absolute atomic E-state index is 6.55. The molecule has 0 amide bonds. The largest absolute Gasteiger partial charge is 0.456 e. The highest BCUT2D eigenvalue weighted by Gasteiger charge is 2.41. The first kappa shape index (κ1) is 37.2. The Morgan fingerprint density at radius 2 is 1.45 bits per heavy atom. The fraction of sp³-hybridized carbons (Fsp3) is 0.172. The van der Waals surface area contributed by atoms with E-state index < -0.39 is 0 Å². The average Bonchev–Trinajstić information content (AvgIpc) is 4.06. The fourth-order valence-electron chi connectivity index (χ4n) is 10.9. The molecule has 0 fully saturated rings. The molecule has 3 nitrogen and oxygen atoms in total. The topological polar surface area (TPSA) is 29.5 Å².